The Bertz CT molecular complexity index is 780. The lowest BCUT2D eigenvalue weighted by Gasteiger charge is -2.33. The number of nitrogens with zero attached hydrogens (tertiary/aromatic N) is 3. The van der Waals surface area contributed by atoms with Gasteiger partial charge in [-0.15, -0.1) is 0 Å². The van der Waals surface area contributed by atoms with Gasteiger partial charge in [0.2, 0.25) is 5.88 Å². The lowest BCUT2D eigenvalue weighted by molar-refractivity contribution is -0.139. The van der Waals surface area contributed by atoms with E-state index >= 15 is 0 Å². The molecule has 1 amide bonds. The van der Waals surface area contributed by atoms with Crippen LogP contribution in [0.3, 0.4) is 0 Å². The van der Waals surface area contributed by atoms with Crippen molar-refractivity contribution in [2.75, 3.05) is 13.1 Å². The minimum absolute atomic E-state index is 0.0251. The van der Waals surface area contributed by atoms with E-state index in [9.17, 15) is 4.79 Å². The van der Waals surface area contributed by atoms with Crippen molar-refractivity contribution in [3.8, 4) is 17.7 Å². The summed E-state index contributed by atoms with van der Waals surface area (Å²) in [5, 5.41) is 9.11. The van der Waals surface area contributed by atoms with E-state index in [1.54, 1.807) is 30.2 Å². The SMILES string of the molecule is C[C@H](Oc1ccccc1)C(=O)N1CCC(Oc2ncccc2C#N)CC1. The molecule has 1 saturated heterocycles. The van der Waals surface area contributed by atoms with Gasteiger partial charge in [0, 0.05) is 32.1 Å². The molecule has 6 nitrogen and oxygen atoms in total. The van der Waals surface area contributed by atoms with Crippen LogP contribution in [0.4, 0.5) is 0 Å². The van der Waals surface area contributed by atoms with Crippen molar-refractivity contribution >= 4 is 5.91 Å². The van der Waals surface area contributed by atoms with E-state index in [2.05, 4.69) is 11.1 Å². The first-order valence-electron chi connectivity index (χ1n) is 8.69. The van der Waals surface area contributed by atoms with Crippen molar-refractivity contribution in [2.45, 2.75) is 32.0 Å². The van der Waals surface area contributed by atoms with Crippen LogP contribution in [-0.2, 0) is 4.79 Å². The average Bonchev–Trinajstić information content (AvgIpc) is 2.69. The van der Waals surface area contributed by atoms with E-state index < -0.39 is 6.10 Å². The van der Waals surface area contributed by atoms with Gasteiger partial charge in [0.1, 0.15) is 23.5 Å². The number of pyridine rings is 1. The summed E-state index contributed by atoms with van der Waals surface area (Å²) in [4.78, 5) is 18.5. The first-order chi connectivity index (χ1) is 12.7. The fraction of sp³-hybridized carbons (Fsp3) is 0.350. The van der Waals surface area contributed by atoms with Gasteiger partial charge in [-0.05, 0) is 31.2 Å². The normalized spacial score (nSPS) is 15.8. The van der Waals surface area contributed by atoms with Crippen LogP contribution in [0, 0.1) is 11.3 Å². The van der Waals surface area contributed by atoms with Crippen LogP contribution >= 0.6 is 0 Å². The van der Waals surface area contributed by atoms with Crippen molar-refractivity contribution in [1.82, 2.24) is 9.88 Å². The molecule has 1 aliphatic heterocycles. The number of rotatable bonds is 5. The highest BCUT2D eigenvalue weighted by molar-refractivity contribution is 5.81. The molecular formula is C20H21N3O3. The monoisotopic (exact) mass is 351 g/mol. The predicted molar refractivity (Wildman–Crippen MR) is 95.7 cm³/mol. The summed E-state index contributed by atoms with van der Waals surface area (Å²) in [5.74, 6) is 1.02. The molecule has 0 spiro atoms. The molecule has 2 heterocycles. The van der Waals surface area contributed by atoms with Gasteiger partial charge in [0.15, 0.2) is 6.10 Å². The summed E-state index contributed by atoms with van der Waals surface area (Å²) in [6.07, 6.45) is 2.43. The minimum Gasteiger partial charge on any atom is -0.481 e. The van der Waals surface area contributed by atoms with Crippen molar-refractivity contribution < 1.29 is 14.3 Å². The molecule has 0 radical (unpaired) electrons. The van der Waals surface area contributed by atoms with Crippen LogP contribution in [0.1, 0.15) is 25.3 Å². The van der Waals surface area contributed by atoms with E-state index in [0.29, 0.717) is 43.1 Å². The van der Waals surface area contributed by atoms with Gasteiger partial charge in [-0.1, -0.05) is 18.2 Å². The van der Waals surface area contributed by atoms with Gasteiger partial charge in [-0.25, -0.2) is 4.98 Å². The standard InChI is InChI=1S/C20H21N3O3/c1-15(25-17-7-3-2-4-8-17)20(24)23-12-9-18(10-13-23)26-19-16(14-21)6-5-11-22-19/h2-8,11,15,18H,9-10,12-13H2,1H3/t15-/m0/s1. The van der Waals surface area contributed by atoms with Gasteiger partial charge in [0.25, 0.3) is 5.91 Å². The van der Waals surface area contributed by atoms with Crippen molar-refractivity contribution in [3.05, 3.63) is 54.2 Å². The molecule has 0 saturated carbocycles. The van der Waals surface area contributed by atoms with E-state index in [1.165, 1.54) is 0 Å². The molecule has 3 rings (SSSR count). The molecule has 0 unspecified atom stereocenters. The highest BCUT2D eigenvalue weighted by Crippen LogP contribution is 2.21. The van der Waals surface area contributed by atoms with E-state index in [1.807, 2.05) is 30.3 Å². The number of nitriles is 1. The quantitative estimate of drug-likeness (QED) is 0.828. The molecule has 0 aliphatic carbocycles. The summed E-state index contributed by atoms with van der Waals surface area (Å²) >= 11 is 0. The molecule has 134 valence electrons. The molecule has 2 aromatic rings. The number of carbonyl (C=O) groups excluding carboxylic acids is 1. The molecule has 6 heteroatoms. The molecule has 1 aliphatic rings. The fourth-order valence-corrected chi connectivity index (χ4v) is 2.93. The highest BCUT2D eigenvalue weighted by atomic mass is 16.5. The smallest absolute Gasteiger partial charge is 0.263 e. The van der Waals surface area contributed by atoms with Crippen LogP contribution in [0.15, 0.2) is 48.7 Å². The third-order valence-electron chi connectivity index (χ3n) is 4.33. The Morgan fingerprint density at radius 1 is 1.23 bits per heavy atom. The minimum atomic E-state index is -0.532. The Balaban J connectivity index is 1.51. The van der Waals surface area contributed by atoms with Crippen LogP contribution in [0.2, 0.25) is 0 Å². The van der Waals surface area contributed by atoms with E-state index in [-0.39, 0.29) is 12.0 Å². The third kappa shape index (κ3) is 4.31. The zero-order valence-electron chi connectivity index (χ0n) is 14.7. The lowest BCUT2D eigenvalue weighted by Crippen LogP contribution is -2.46. The van der Waals surface area contributed by atoms with Gasteiger partial charge < -0.3 is 14.4 Å². The van der Waals surface area contributed by atoms with Crippen LogP contribution in [0.5, 0.6) is 11.6 Å². The zero-order valence-corrected chi connectivity index (χ0v) is 14.7. The molecule has 1 aromatic carbocycles. The summed E-state index contributed by atoms with van der Waals surface area (Å²) < 4.78 is 11.6. The maximum absolute atomic E-state index is 12.6. The van der Waals surface area contributed by atoms with Crippen LogP contribution < -0.4 is 9.47 Å². The van der Waals surface area contributed by atoms with E-state index in [0.717, 1.165) is 0 Å². The van der Waals surface area contributed by atoms with Gasteiger partial charge in [-0.3, -0.25) is 4.79 Å². The molecular weight excluding hydrogens is 330 g/mol. The Labute approximate surface area is 153 Å². The number of amides is 1. The summed E-state index contributed by atoms with van der Waals surface area (Å²) in [5.41, 5.74) is 0.427. The van der Waals surface area contributed by atoms with Crippen LogP contribution in [-0.4, -0.2) is 41.1 Å². The van der Waals surface area contributed by atoms with Crippen molar-refractivity contribution in [3.63, 3.8) is 0 Å². The topological polar surface area (TPSA) is 75.4 Å². The average molecular weight is 351 g/mol. The fourth-order valence-electron chi connectivity index (χ4n) is 2.93. The second-order valence-corrected chi connectivity index (χ2v) is 6.18. The number of hydrogen-bond acceptors (Lipinski definition) is 5. The van der Waals surface area contributed by atoms with Crippen molar-refractivity contribution in [2.24, 2.45) is 0 Å². The molecule has 26 heavy (non-hydrogen) atoms. The molecule has 1 aromatic heterocycles. The Kier molecular flexibility index (Phi) is 5.69. The number of ether oxygens (including phenoxy) is 2. The highest BCUT2D eigenvalue weighted by Gasteiger charge is 2.28. The first-order valence-corrected chi connectivity index (χ1v) is 8.69. The number of likely N-dealkylation sites (tertiary alicyclic amines) is 1. The second-order valence-electron chi connectivity index (χ2n) is 6.18. The number of para-hydroxylation sites is 1. The number of carbonyl (C=O) groups is 1. The van der Waals surface area contributed by atoms with Gasteiger partial charge >= 0.3 is 0 Å². The summed E-state index contributed by atoms with van der Waals surface area (Å²) in [6, 6.07) is 14.8. The summed E-state index contributed by atoms with van der Waals surface area (Å²) in [6.45, 7) is 2.96. The van der Waals surface area contributed by atoms with Gasteiger partial charge in [-0.2, -0.15) is 5.26 Å². The van der Waals surface area contributed by atoms with Gasteiger partial charge in [0.05, 0.1) is 0 Å². The molecule has 0 bridgehead atoms. The number of aromatic nitrogens is 1. The molecule has 1 atom stereocenters. The number of piperidine rings is 1. The maximum atomic E-state index is 12.6. The molecule has 1 fully saturated rings. The second kappa shape index (κ2) is 8.34. The Morgan fingerprint density at radius 2 is 1.96 bits per heavy atom. The Morgan fingerprint density at radius 3 is 2.65 bits per heavy atom. The Hall–Kier alpha value is -3.07. The number of benzene rings is 1. The third-order valence-corrected chi connectivity index (χ3v) is 4.33. The first kappa shape index (κ1) is 17.7. The van der Waals surface area contributed by atoms with E-state index in [4.69, 9.17) is 14.7 Å². The van der Waals surface area contributed by atoms with Crippen LogP contribution in [0.25, 0.3) is 0 Å². The largest absolute Gasteiger partial charge is 0.481 e. The zero-order chi connectivity index (χ0) is 18.4. The summed E-state index contributed by atoms with van der Waals surface area (Å²) in [7, 11) is 0. The predicted octanol–water partition coefficient (Wildman–Crippen LogP) is 2.79. The van der Waals surface area contributed by atoms with Crippen molar-refractivity contribution in [1.29, 1.82) is 5.26 Å². The molecule has 0 N–H and O–H groups in total. The lowest BCUT2D eigenvalue weighted by atomic mass is 10.1. The maximum Gasteiger partial charge on any atom is 0.263 e. The number of hydrogen-bond donors (Lipinski definition) is 0.